The van der Waals surface area contributed by atoms with Gasteiger partial charge in [0, 0.05) is 6.54 Å². The molecule has 0 aromatic carbocycles. The summed E-state index contributed by atoms with van der Waals surface area (Å²) in [4.78, 5) is 21.7. The maximum atomic E-state index is 11.6. The van der Waals surface area contributed by atoms with Crippen LogP contribution in [-0.4, -0.2) is 29.0 Å². The van der Waals surface area contributed by atoms with E-state index >= 15 is 0 Å². The highest BCUT2D eigenvalue weighted by molar-refractivity contribution is 6.02. The van der Waals surface area contributed by atoms with E-state index in [1.54, 1.807) is 11.2 Å². The van der Waals surface area contributed by atoms with Gasteiger partial charge >= 0.3 is 0 Å². The normalized spacial score (nSPS) is 18.9. The van der Waals surface area contributed by atoms with Gasteiger partial charge in [0.05, 0.1) is 12.2 Å². The van der Waals surface area contributed by atoms with E-state index in [1.165, 1.54) is 0 Å². The SMILES string of the molecule is O=C1CNc2ncnc3c2N1CCC3. The predicted octanol–water partition coefficient (Wildman–Crippen LogP) is 0.181. The number of anilines is 2. The standard InChI is InChI=1S/C9H10N4O/c14-7-4-10-9-8-6(11-5-12-9)2-1-3-13(7)8/h5H,1-4H2,(H,10,11,12). The minimum Gasteiger partial charge on any atom is -0.359 e. The summed E-state index contributed by atoms with van der Waals surface area (Å²) < 4.78 is 0. The van der Waals surface area contributed by atoms with E-state index in [4.69, 9.17) is 0 Å². The molecular weight excluding hydrogens is 180 g/mol. The fraction of sp³-hybridized carbons (Fsp3) is 0.444. The number of nitrogens with one attached hydrogen (secondary N) is 1. The summed E-state index contributed by atoms with van der Waals surface area (Å²) in [5.41, 5.74) is 1.89. The Kier molecular flexibility index (Phi) is 1.47. The Hall–Kier alpha value is -1.65. The van der Waals surface area contributed by atoms with Crippen LogP contribution in [0.1, 0.15) is 12.1 Å². The van der Waals surface area contributed by atoms with Crippen molar-refractivity contribution < 1.29 is 4.79 Å². The predicted molar refractivity (Wildman–Crippen MR) is 51.2 cm³/mol. The average Bonchev–Trinajstić information content (AvgIpc) is 2.24. The van der Waals surface area contributed by atoms with E-state index in [-0.39, 0.29) is 5.91 Å². The lowest BCUT2D eigenvalue weighted by atomic mass is 10.1. The fourth-order valence-electron chi connectivity index (χ4n) is 2.03. The molecule has 0 saturated heterocycles. The lowest BCUT2D eigenvalue weighted by Gasteiger charge is -2.33. The van der Waals surface area contributed by atoms with E-state index in [2.05, 4.69) is 15.3 Å². The second-order valence-electron chi connectivity index (χ2n) is 3.52. The highest BCUT2D eigenvalue weighted by atomic mass is 16.2. The van der Waals surface area contributed by atoms with Crippen LogP contribution in [0.25, 0.3) is 0 Å². The van der Waals surface area contributed by atoms with Gasteiger partial charge in [-0.15, -0.1) is 0 Å². The summed E-state index contributed by atoms with van der Waals surface area (Å²) in [6, 6.07) is 0. The van der Waals surface area contributed by atoms with Crippen molar-refractivity contribution in [3.8, 4) is 0 Å². The number of hydrogen-bond acceptors (Lipinski definition) is 4. The molecule has 1 aromatic rings. The van der Waals surface area contributed by atoms with Crippen LogP contribution in [0, 0.1) is 0 Å². The molecule has 1 aromatic heterocycles. The Morgan fingerprint density at radius 2 is 2.36 bits per heavy atom. The summed E-state index contributed by atoms with van der Waals surface area (Å²) in [5, 5.41) is 3.01. The minimum atomic E-state index is 0.119. The molecule has 3 rings (SSSR count). The molecule has 14 heavy (non-hydrogen) atoms. The molecule has 0 spiro atoms. The van der Waals surface area contributed by atoms with Crippen LogP contribution in [0.3, 0.4) is 0 Å². The van der Waals surface area contributed by atoms with E-state index in [9.17, 15) is 4.79 Å². The molecule has 72 valence electrons. The molecule has 5 nitrogen and oxygen atoms in total. The molecule has 0 atom stereocenters. The number of aryl methyl sites for hydroxylation is 1. The van der Waals surface area contributed by atoms with Crippen molar-refractivity contribution in [3.63, 3.8) is 0 Å². The lowest BCUT2D eigenvalue weighted by Crippen LogP contribution is -2.43. The van der Waals surface area contributed by atoms with Crippen LogP contribution in [-0.2, 0) is 11.2 Å². The molecule has 2 aliphatic heterocycles. The molecule has 1 N–H and O–H groups in total. The van der Waals surface area contributed by atoms with Crippen LogP contribution in [0.2, 0.25) is 0 Å². The van der Waals surface area contributed by atoms with Crippen molar-refractivity contribution in [1.29, 1.82) is 0 Å². The Morgan fingerprint density at radius 1 is 1.43 bits per heavy atom. The third-order valence-electron chi connectivity index (χ3n) is 2.67. The first kappa shape index (κ1) is 7.73. The first-order valence-corrected chi connectivity index (χ1v) is 4.74. The number of hydrogen-bond donors (Lipinski definition) is 1. The second-order valence-corrected chi connectivity index (χ2v) is 3.52. The van der Waals surface area contributed by atoms with Crippen molar-refractivity contribution in [2.45, 2.75) is 12.8 Å². The van der Waals surface area contributed by atoms with Gasteiger partial charge in [-0.3, -0.25) is 4.79 Å². The summed E-state index contributed by atoms with van der Waals surface area (Å²) in [6.45, 7) is 1.15. The number of carbonyl (C=O) groups excluding carboxylic acids is 1. The number of nitrogens with zero attached hydrogens (tertiary/aromatic N) is 3. The molecule has 0 radical (unpaired) electrons. The summed E-state index contributed by atoms with van der Waals surface area (Å²) >= 11 is 0. The van der Waals surface area contributed by atoms with Crippen molar-refractivity contribution >= 4 is 17.4 Å². The maximum Gasteiger partial charge on any atom is 0.246 e. The van der Waals surface area contributed by atoms with Gasteiger partial charge in [0.2, 0.25) is 5.91 Å². The van der Waals surface area contributed by atoms with E-state index in [0.29, 0.717) is 6.54 Å². The molecule has 3 heterocycles. The quantitative estimate of drug-likeness (QED) is 0.634. The molecular formula is C9H10N4O. The maximum absolute atomic E-state index is 11.6. The number of carbonyl (C=O) groups is 1. The first-order chi connectivity index (χ1) is 6.86. The molecule has 0 aliphatic carbocycles. The Bertz CT molecular complexity index is 390. The first-order valence-electron chi connectivity index (χ1n) is 4.74. The van der Waals surface area contributed by atoms with Gasteiger partial charge in [0.15, 0.2) is 5.82 Å². The van der Waals surface area contributed by atoms with Gasteiger partial charge in [0.25, 0.3) is 0 Å². The minimum absolute atomic E-state index is 0.119. The largest absolute Gasteiger partial charge is 0.359 e. The smallest absolute Gasteiger partial charge is 0.246 e. The van der Waals surface area contributed by atoms with Gasteiger partial charge in [-0.25, -0.2) is 9.97 Å². The zero-order chi connectivity index (χ0) is 9.54. The van der Waals surface area contributed by atoms with E-state index in [0.717, 1.165) is 36.6 Å². The van der Waals surface area contributed by atoms with E-state index in [1.807, 2.05) is 0 Å². The van der Waals surface area contributed by atoms with Crippen LogP contribution in [0.15, 0.2) is 6.33 Å². The Morgan fingerprint density at radius 3 is 3.29 bits per heavy atom. The molecule has 1 amide bonds. The molecule has 0 unspecified atom stereocenters. The highest BCUT2D eigenvalue weighted by Crippen LogP contribution is 2.33. The van der Waals surface area contributed by atoms with Crippen LogP contribution < -0.4 is 10.2 Å². The van der Waals surface area contributed by atoms with Gasteiger partial charge < -0.3 is 10.2 Å². The van der Waals surface area contributed by atoms with Gasteiger partial charge in [-0.1, -0.05) is 0 Å². The van der Waals surface area contributed by atoms with Gasteiger partial charge in [-0.05, 0) is 12.8 Å². The fourth-order valence-corrected chi connectivity index (χ4v) is 2.03. The van der Waals surface area contributed by atoms with Crippen LogP contribution in [0.4, 0.5) is 11.5 Å². The van der Waals surface area contributed by atoms with Crippen LogP contribution in [0.5, 0.6) is 0 Å². The highest BCUT2D eigenvalue weighted by Gasteiger charge is 2.30. The average molecular weight is 190 g/mol. The molecule has 5 heteroatoms. The van der Waals surface area contributed by atoms with E-state index < -0.39 is 0 Å². The summed E-state index contributed by atoms with van der Waals surface area (Å²) in [5.74, 6) is 0.919. The molecule has 2 aliphatic rings. The number of rotatable bonds is 0. The van der Waals surface area contributed by atoms with Crippen molar-refractivity contribution in [2.75, 3.05) is 23.3 Å². The van der Waals surface area contributed by atoms with Crippen molar-refractivity contribution in [2.24, 2.45) is 0 Å². The summed E-state index contributed by atoms with van der Waals surface area (Å²) in [7, 11) is 0. The molecule has 0 saturated carbocycles. The van der Waals surface area contributed by atoms with Crippen molar-refractivity contribution in [3.05, 3.63) is 12.0 Å². The van der Waals surface area contributed by atoms with Crippen molar-refractivity contribution in [1.82, 2.24) is 9.97 Å². The Labute approximate surface area is 81.2 Å². The molecule has 0 fully saturated rings. The van der Waals surface area contributed by atoms with Gasteiger partial charge in [-0.2, -0.15) is 0 Å². The Balaban J connectivity index is 2.21. The third-order valence-corrected chi connectivity index (χ3v) is 2.67. The summed E-state index contributed by atoms with van der Waals surface area (Å²) in [6.07, 6.45) is 3.49. The number of amides is 1. The zero-order valence-corrected chi connectivity index (χ0v) is 7.66. The second kappa shape index (κ2) is 2.67. The van der Waals surface area contributed by atoms with Gasteiger partial charge in [0.1, 0.15) is 12.0 Å². The molecule has 0 bridgehead atoms. The topological polar surface area (TPSA) is 58.1 Å². The number of aromatic nitrogens is 2. The van der Waals surface area contributed by atoms with Crippen LogP contribution >= 0.6 is 0 Å². The monoisotopic (exact) mass is 190 g/mol. The third kappa shape index (κ3) is 0.921. The zero-order valence-electron chi connectivity index (χ0n) is 7.66. The lowest BCUT2D eigenvalue weighted by molar-refractivity contribution is -0.117.